The number of aromatic hydroxyl groups is 2. The number of aromatic nitrogens is 2. The summed E-state index contributed by atoms with van der Waals surface area (Å²) < 4.78 is 11.4. The van der Waals surface area contributed by atoms with Gasteiger partial charge >= 0.3 is 5.76 Å². The zero-order chi connectivity index (χ0) is 19.4. The highest BCUT2D eigenvalue weighted by Gasteiger charge is 2.21. The highest BCUT2D eigenvalue weighted by Crippen LogP contribution is 2.40. The summed E-state index contributed by atoms with van der Waals surface area (Å²) in [6.07, 6.45) is 0.723. The van der Waals surface area contributed by atoms with E-state index in [9.17, 15) is 15.0 Å². The van der Waals surface area contributed by atoms with Gasteiger partial charge in [0.15, 0.2) is 0 Å². The fourth-order valence-corrected chi connectivity index (χ4v) is 3.16. The number of rotatable bonds is 7. The molecule has 0 unspecified atom stereocenters. The number of nitrogens with zero attached hydrogens (tertiary/aromatic N) is 2. The SMILES string of the molecule is CCc1c(O)cc(O)c(-c2ccccc2)c1Cc1nn(CCOC)c(=O)o1. The standard InChI is InChI=1S/C20H22N2O5/c1-3-14-15(11-18-21-22(9-10-26-2)20(25)27-18)19(17(24)12-16(14)23)13-7-5-4-6-8-13/h4-8,12,23-24H,3,9-11H2,1-2H3. The topological polar surface area (TPSA) is 97.7 Å². The summed E-state index contributed by atoms with van der Waals surface area (Å²) in [5.41, 5.74) is 2.77. The molecule has 0 aliphatic rings. The summed E-state index contributed by atoms with van der Waals surface area (Å²) in [7, 11) is 1.54. The largest absolute Gasteiger partial charge is 0.508 e. The lowest BCUT2D eigenvalue weighted by molar-refractivity contribution is 0.181. The third-order valence-corrected chi connectivity index (χ3v) is 4.40. The minimum absolute atomic E-state index is 0.00541. The number of benzene rings is 2. The molecule has 3 rings (SSSR count). The Labute approximate surface area is 156 Å². The molecule has 2 aromatic carbocycles. The van der Waals surface area contributed by atoms with E-state index in [1.165, 1.54) is 10.7 Å². The van der Waals surface area contributed by atoms with Crippen LogP contribution in [-0.2, 0) is 24.1 Å². The number of phenolic OH excluding ortho intramolecular Hbond substituents is 2. The van der Waals surface area contributed by atoms with Crippen LogP contribution in [0, 0.1) is 0 Å². The molecule has 2 N–H and O–H groups in total. The van der Waals surface area contributed by atoms with Gasteiger partial charge in [-0.1, -0.05) is 37.3 Å². The van der Waals surface area contributed by atoms with Crippen molar-refractivity contribution in [2.75, 3.05) is 13.7 Å². The van der Waals surface area contributed by atoms with E-state index in [2.05, 4.69) is 5.10 Å². The van der Waals surface area contributed by atoms with Crippen LogP contribution in [0.1, 0.15) is 23.9 Å². The first-order valence-electron chi connectivity index (χ1n) is 8.73. The molecule has 0 radical (unpaired) electrons. The summed E-state index contributed by atoms with van der Waals surface area (Å²) >= 11 is 0. The molecule has 3 aromatic rings. The fourth-order valence-electron chi connectivity index (χ4n) is 3.16. The van der Waals surface area contributed by atoms with Gasteiger partial charge in [-0.05, 0) is 23.1 Å². The van der Waals surface area contributed by atoms with Gasteiger partial charge in [0.1, 0.15) is 11.5 Å². The zero-order valence-electron chi connectivity index (χ0n) is 15.3. The second-order valence-electron chi connectivity index (χ2n) is 6.12. The Balaban J connectivity index is 2.10. The number of ether oxygens (including phenoxy) is 1. The van der Waals surface area contributed by atoms with E-state index in [1.807, 2.05) is 37.3 Å². The molecule has 27 heavy (non-hydrogen) atoms. The van der Waals surface area contributed by atoms with Crippen molar-refractivity contribution in [3.8, 4) is 22.6 Å². The van der Waals surface area contributed by atoms with Gasteiger partial charge in [0.05, 0.1) is 19.6 Å². The third-order valence-electron chi connectivity index (χ3n) is 4.40. The predicted molar refractivity (Wildman–Crippen MR) is 100 cm³/mol. The van der Waals surface area contributed by atoms with E-state index >= 15 is 0 Å². The molecule has 142 valence electrons. The van der Waals surface area contributed by atoms with Crippen LogP contribution >= 0.6 is 0 Å². The number of phenols is 2. The van der Waals surface area contributed by atoms with Crippen molar-refractivity contribution in [3.63, 3.8) is 0 Å². The average Bonchev–Trinajstić information content (AvgIpc) is 3.00. The Kier molecular flexibility index (Phi) is 5.61. The molecular weight excluding hydrogens is 348 g/mol. The van der Waals surface area contributed by atoms with Gasteiger partial charge < -0.3 is 19.4 Å². The van der Waals surface area contributed by atoms with Crippen LogP contribution in [0.15, 0.2) is 45.6 Å². The quantitative estimate of drug-likeness (QED) is 0.664. The Hall–Kier alpha value is -3.06. The van der Waals surface area contributed by atoms with Crippen molar-refractivity contribution in [2.45, 2.75) is 26.3 Å². The molecule has 1 aromatic heterocycles. The first-order valence-corrected chi connectivity index (χ1v) is 8.73. The molecule has 7 nitrogen and oxygen atoms in total. The van der Waals surface area contributed by atoms with Gasteiger partial charge in [0.25, 0.3) is 0 Å². The highest BCUT2D eigenvalue weighted by atomic mass is 16.5. The van der Waals surface area contributed by atoms with E-state index in [-0.39, 0.29) is 30.4 Å². The summed E-state index contributed by atoms with van der Waals surface area (Å²) in [5.74, 6) is -0.378. The zero-order valence-corrected chi connectivity index (χ0v) is 15.3. The third kappa shape index (κ3) is 3.88. The highest BCUT2D eigenvalue weighted by molar-refractivity contribution is 5.77. The Morgan fingerprint density at radius 3 is 2.56 bits per heavy atom. The first kappa shape index (κ1) is 18.7. The Bertz CT molecular complexity index is 976. The van der Waals surface area contributed by atoms with Crippen molar-refractivity contribution in [3.05, 3.63) is 64.0 Å². The molecule has 7 heteroatoms. The number of hydrogen-bond donors (Lipinski definition) is 2. The summed E-state index contributed by atoms with van der Waals surface area (Å²) in [6.45, 7) is 2.54. The first-order chi connectivity index (χ1) is 13.0. The van der Waals surface area contributed by atoms with Gasteiger partial charge in [0, 0.05) is 18.7 Å². The maximum Gasteiger partial charge on any atom is 0.437 e. The number of methoxy groups -OCH3 is 1. The molecule has 1 heterocycles. The van der Waals surface area contributed by atoms with Gasteiger partial charge in [-0.2, -0.15) is 4.68 Å². The molecule has 0 fully saturated rings. The molecule has 0 saturated carbocycles. The van der Waals surface area contributed by atoms with Gasteiger partial charge in [-0.3, -0.25) is 0 Å². The minimum Gasteiger partial charge on any atom is -0.508 e. The van der Waals surface area contributed by atoms with Gasteiger partial charge in [-0.15, -0.1) is 5.10 Å². The average molecular weight is 370 g/mol. The van der Waals surface area contributed by atoms with Crippen LogP contribution in [0.25, 0.3) is 11.1 Å². The Morgan fingerprint density at radius 1 is 1.15 bits per heavy atom. The smallest absolute Gasteiger partial charge is 0.437 e. The molecule has 0 bridgehead atoms. The maximum absolute atomic E-state index is 12.0. The Morgan fingerprint density at radius 2 is 1.89 bits per heavy atom. The van der Waals surface area contributed by atoms with Crippen LogP contribution in [0.2, 0.25) is 0 Å². The second-order valence-corrected chi connectivity index (χ2v) is 6.12. The van der Waals surface area contributed by atoms with Crippen molar-refractivity contribution in [1.82, 2.24) is 9.78 Å². The second kappa shape index (κ2) is 8.09. The maximum atomic E-state index is 12.0. The summed E-state index contributed by atoms with van der Waals surface area (Å²) in [6, 6.07) is 10.7. The van der Waals surface area contributed by atoms with Crippen molar-refractivity contribution in [1.29, 1.82) is 0 Å². The number of hydrogen-bond acceptors (Lipinski definition) is 6. The lowest BCUT2D eigenvalue weighted by Gasteiger charge is -2.16. The van der Waals surface area contributed by atoms with Crippen molar-refractivity contribution >= 4 is 0 Å². The van der Waals surface area contributed by atoms with E-state index in [1.54, 1.807) is 7.11 Å². The van der Waals surface area contributed by atoms with E-state index in [4.69, 9.17) is 9.15 Å². The van der Waals surface area contributed by atoms with Gasteiger partial charge in [-0.25, -0.2) is 4.79 Å². The fraction of sp³-hybridized carbons (Fsp3) is 0.300. The molecular formula is C20H22N2O5. The monoisotopic (exact) mass is 370 g/mol. The normalized spacial score (nSPS) is 11.0. The summed E-state index contributed by atoms with van der Waals surface area (Å²) in [5, 5.41) is 25.0. The van der Waals surface area contributed by atoms with Crippen LogP contribution in [0.3, 0.4) is 0 Å². The molecule has 0 spiro atoms. The lowest BCUT2D eigenvalue weighted by Crippen LogP contribution is -2.18. The van der Waals surface area contributed by atoms with Crippen LogP contribution in [-0.4, -0.2) is 33.7 Å². The van der Waals surface area contributed by atoms with Crippen LogP contribution < -0.4 is 5.76 Å². The minimum atomic E-state index is -0.564. The molecule has 0 atom stereocenters. The van der Waals surface area contributed by atoms with E-state index < -0.39 is 5.76 Å². The van der Waals surface area contributed by atoms with E-state index in [0.29, 0.717) is 29.7 Å². The molecule has 0 saturated heterocycles. The predicted octanol–water partition coefficient (Wildman–Crippen LogP) is 2.71. The van der Waals surface area contributed by atoms with Crippen molar-refractivity contribution in [2.24, 2.45) is 0 Å². The van der Waals surface area contributed by atoms with Crippen LogP contribution in [0.5, 0.6) is 11.5 Å². The molecule has 0 aliphatic heterocycles. The van der Waals surface area contributed by atoms with Gasteiger partial charge in [0.2, 0.25) is 5.89 Å². The lowest BCUT2D eigenvalue weighted by atomic mass is 9.90. The summed E-state index contributed by atoms with van der Waals surface area (Å²) in [4.78, 5) is 12.0. The van der Waals surface area contributed by atoms with Crippen LogP contribution in [0.4, 0.5) is 0 Å². The van der Waals surface area contributed by atoms with Crippen molar-refractivity contribution < 1.29 is 19.4 Å². The van der Waals surface area contributed by atoms with E-state index in [0.717, 1.165) is 5.56 Å². The molecule has 0 aliphatic carbocycles. The molecule has 0 amide bonds.